The van der Waals surface area contributed by atoms with Gasteiger partial charge in [0.25, 0.3) is 0 Å². The van der Waals surface area contributed by atoms with Crippen LogP contribution < -0.4 is 11.1 Å². The van der Waals surface area contributed by atoms with E-state index in [9.17, 15) is 4.79 Å². The molecule has 2 atom stereocenters. The molecule has 3 nitrogen and oxygen atoms in total. The van der Waals surface area contributed by atoms with Crippen molar-refractivity contribution in [1.29, 1.82) is 0 Å². The molecule has 1 aliphatic carbocycles. The highest BCUT2D eigenvalue weighted by Gasteiger charge is 2.25. The maximum atomic E-state index is 11.3. The summed E-state index contributed by atoms with van der Waals surface area (Å²) >= 11 is 0. The Kier molecular flexibility index (Phi) is 4.59. The van der Waals surface area contributed by atoms with Crippen LogP contribution in [0.15, 0.2) is 18.2 Å². The van der Waals surface area contributed by atoms with Gasteiger partial charge in [-0.1, -0.05) is 24.6 Å². The molecular weight excluding hydrogens is 236 g/mol. The zero-order valence-electron chi connectivity index (χ0n) is 11.9. The van der Waals surface area contributed by atoms with E-state index >= 15 is 0 Å². The predicted molar refractivity (Wildman–Crippen MR) is 77.7 cm³/mol. The number of benzene rings is 1. The highest BCUT2D eigenvalue weighted by Crippen LogP contribution is 2.24. The fourth-order valence-electron chi connectivity index (χ4n) is 3.01. The molecule has 2 rings (SSSR count). The number of carbonyl (C=O) groups excluding carboxylic acids is 1. The first-order valence-electron chi connectivity index (χ1n) is 7.15. The van der Waals surface area contributed by atoms with Crippen molar-refractivity contribution in [3.63, 3.8) is 0 Å². The second-order valence-electron chi connectivity index (χ2n) is 5.71. The Bertz CT molecular complexity index is 436. The van der Waals surface area contributed by atoms with Gasteiger partial charge in [-0.05, 0) is 49.8 Å². The third-order valence-electron chi connectivity index (χ3n) is 4.29. The number of nitrogens with two attached hydrogens (primary N) is 1. The molecule has 104 valence electrons. The van der Waals surface area contributed by atoms with Gasteiger partial charge in [0, 0.05) is 18.5 Å². The van der Waals surface area contributed by atoms with Crippen molar-refractivity contribution in [2.45, 2.75) is 52.1 Å². The van der Waals surface area contributed by atoms with Crippen molar-refractivity contribution in [2.24, 2.45) is 11.7 Å². The summed E-state index contributed by atoms with van der Waals surface area (Å²) in [7, 11) is 0. The molecule has 0 spiro atoms. The lowest BCUT2D eigenvalue weighted by Gasteiger charge is -2.28. The average molecular weight is 260 g/mol. The standard InChI is InChI=1S/C16H24N2O/c1-11-5-3-6-12(2)15(11)10-18-14-8-4-7-13(9-14)16(17)19/h3,5-6,13-14,18H,4,7-10H2,1-2H3,(H2,17,19). The SMILES string of the molecule is Cc1cccc(C)c1CNC1CCCC(C(N)=O)C1. The molecule has 0 aromatic heterocycles. The van der Waals surface area contributed by atoms with Gasteiger partial charge >= 0.3 is 0 Å². The zero-order chi connectivity index (χ0) is 13.8. The number of carbonyl (C=O) groups is 1. The van der Waals surface area contributed by atoms with Crippen molar-refractivity contribution < 1.29 is 4.79 Å². The van der Waals surface area contributed by atoms with Crippen LogP contribution in [0.25, 0.3) is 0 Å². The van der Waals surface area contributed by atoms with E-state index in [4.69, 9.17) is 5.73 Å². The summed E-state index contributed by atoms with van der Waals surface area (Å²) in [5.74, 6) is -0.0808. The normalized spacial score (nSPS) is 23.3. The van der Waals surface area contributed by atoms with Gasteiger partial charge in [-0.3, -0.25) is 4.79 Å². The Morgan fingerprint density at radius 2 is 2.00 bits per heavy atom. The molecule has 1 aromatic carbocycles. The largest absolute Gasteiger partial charge is 0.369 e. The Morgan fingerprint density at radius 3 is 2.63 bits per heavy atom. The second-order valence-corrected chi connectivity index (χ2v) is 5.71. The van der Waals surface area contributed by atoms with E-state index < -0.39 is 0 Å². The average Bonchev–Trinajstić information content (AvgIpc) is 2.38. The van der Waals surface area contributed by atoms with E-state index in [0.717, 1.165) is 32.2 Å². The Hall–Kier alpha value is -1.35. The molecule has 3 heteroatoms. The first kappa shape index (κ1) is 14.1. The van der Waals surface area contributed by atoms with Gasteiger partial charge in [0.15, 0.2) is 0 Å². The van der Waals surface area contributed by atoms with E-state index in [1.54, 1.807) is 0 Å². The lowest BCUT2D eigenvalue weighted by molar-refractivity contribution is -0.122. The molecule has 1 aliphatic rings. The number of primary amides is 1. The molecule has 0 aliphatic heterocycles. The van der Waals surface area contributed by atoms with E-state index in [0.29, 0.717) is 6.04 Å². The molecule has 1 fully saturated rings. The van der Waals surface area contributed by atoms with Gasteiger partial charge in [-0.25, -0.2) is 0 Å². The molecule has 2 unspecified atom stereocenters. The van der Waals surface area contributed by atoms with E-state index in [1.165, 1.54) is 16.7 Å². The van der Waals surface area contributed by atoms with E-state index in [1.807, 2.05) is 0 Å². The van der Waals surface area contributed by atoms with Gasteiger partial charge in [0.1, 0.15) is 0 Å². The smallest absolute Gasteiger partial charge is 0.220 e. The first-order chi connectivity index (χ1) is 9.08. The number of amides is 1. The van der Waals surface area contributed by atoms with Crippen molar-refractivity contribution >= 4 is 5.91 Å². The van der Waals surface area contributed by atoms with Crippen LogP contribution >= 0.6 is 0 Å². The highest BCUT2D eigenvalue weighted by atomic mass is 16.1. The van der Waals surface area contributed by atoms with Crippen LogP contribution in [0.2, 0.25) is 0 Å². The minimum absolute atomic E-state index is 0.0595. The summed E-state index contributed by atoms with van der Waals surface area (Å²) in [6, 6.07) is 6.82. The Balaban J connectivity index is 1.93. The fourth-order valence-corrected chi connectivity index (χ4v) is 3.01. The van der Waals surface area contributed by atoms with Crippen molar-refractivity contribution in [2.75, 3.05) is 0 Å². The quantitative estimate of drug-likeness (QED) is 0.873. The van der Waals surface area contributed by atoms with E-state index in [2.05, 4.69) is 37.4 Å². The summed E-state index contributed by atoms with van der Waals surface area (Å²) in [6.07, 6.45) is 4.09. The van der Waals surface area contributed by atoms with Crippen LogP contribution in [0.1, 0.15) is 42.4 Å². The van der Waals surface area contributed by atoms with Crippen LogP contribution in [0, 0.1) is 19.8 Å². The van der Waals surface area contributed by atoms with Crippen LogP contribution in [0.3, 0.4) is 0 Å². The van der Waals surface area contributed by atoms with Crippen molar-refractivity contribution in [3.8, 4) is 0 Å². The maximum Gasteiger partial charge on any atom is 0.220 e. The summed E-state index contributed by atoms with van der Waals surface area (Å²) in [5.41, 5.74) is 9.45. The lowest BCUT2D eigenvalue weighted by atomic mass is 9.85. The molecule has 0 bridgehead atoms. The Labute approximate surface area is 115 Å². The Morgan fingerprint density at radius 1 is 1.32 bits per heavy atom. The lowest BCUT2D eigenvalue weighted by Crippen LogP contribution is -2.38. The van der Waals surface area contributed by atoms with Gasteiger partial charge in [0.2, 0.25) is 5.91 Å². The highest BCUT2D eigenvalue weighted by molar-refractivity contribution is 5.76. The molecule has 19 heavy (non-hydrogen) atoms. The van der Waals surface area contributed by atoms with Gasteiger partial charge in [0.05, 0.1) is 0 Å². The summed E-state index contributed by atoms with van der Waals surface area (Å²) in [5, 5.41) is 3.60. The first-order valence-corrected chi connectivity index (χ1v) is 7.15. The molecule has 0 saturated heterocycles. The molecule has 1 saturated carbocycles. The van der Waals surface area contributed by atoms with Crippen LogP contribution in [0.4, 0.5) is 0 Å². The van der Waals surface area contributed by atoms with Crippen LogP contribution in [0.5, 0.6) is 0 Å². The van der Waals surface area contributed by atoms with Crippen molar-refractivity contribution in [1.82, 2.24) is 5.32 Å². The van der Waals surface area contributed by atoms with Crippen molar-refractivity contribution in [3.05, 3.63) is 34.9 Å². The number of aryl methyl sites for hydroxylation is 2. The molecule has 1 amide bonds. The number of nitrogens with one attached hydrogen (secondary N) is 1. The monoisotopic (exact) mass is 260 g/mol. The minimum atomic E-state index is -0.140. The summed E-state index contributed by atoms with van der Waals surface area (Å²) in [6.45, 7) is 5.18. The number of hydrogen-bond acceptors (Lipinski definition) is 2. The van der Waals surface area contributed by atoms with E-state index in [-0.39, 0.29) is 11.8 Å². The summed E-state index contributed by atoms with van der Waals surface area (Å²) in [4.78, 5) is 11.3. The molecule has 0 radical (unpaired) electrons. The second kappa shape index (κ2) is 6.20. The van der Waals surface area contributed by atoms with Gasteiger partial charge < -0.3 is 11.1 Å². The third-order valence-corrected chi connectivity index (χ3v) is 4.29. The topological polar surface area (TPSA) is 55.1 Å². The van der Waals surface area contributed by atoms with Crippen LogP contribution in [-0.2, 0) is 11.3 Å². The zero-order valence-corrected chi connectivity index (χ0v) is 11.9. The molecular formula is C16H24N2O. The fraction of sp³-hybridized carbons (Fsp3) is 0.562. The minimum Gasteiger partial charge on any atom is -0.369 e. The molecule has 3 N–H and O–H groups in total. The third kappa shape index (κ3) is 3.57. The molecule has 1 aromatic rings. The van der Waals surface area contributed by atoms with Crippen LogP contribution in [-0.4, -0.2) is 11.9 Å². The molecule has 0 heterocycles. The number of rotatable bonds is 4. The predicted octanol–water partition coefficient (Wildman–Crippen LogP) is 2.44. The maximum absolute atomic E-state index is 11.3. The summed E-state index contributed by atoms with van der Waals surface area (Å²) < 4.78 is 0. The van der Waals surface area contributed by atoms with Gasteiger partial charge in [-0.15, -0.1) is 0 Å². The van der Waals surface area contributed by atoms with Gasteiger partial charge in [-0.2, -0.15) is 0 Å². The number of hydrogen-bond donors (Lipinski definition) is 2.